The van der Waals surface area contributed by atoms with E-state index in [-0.39, 0.29) is 29.6 Å². The zero-order valence-electron chi connectivity index (χ0n) is 17.3. The monoisotopic (exact) mass is 477 g/mol. The van der Waals surface area contributed by atoms with E-state index >= 15 is 0 Å². The van der Waals surface area contributed by atoms with E-state index in [2.05, 4.69) is 4.90 Å². The van der Waals surface area contributed by atoms with Crippen molar-refractivity contribution in [2.24, 2.45) is 0 Å². The summed E-state index contributed by atoms with van der Waals surface area (Å²) in [7, 11) is 0. The van der Waals surface area contributed by atoms with Crippen molar-refractivity contribution >= 4 is 38.9 Å². The Labute approximate surface area is 192 Å². The van der Waals surface area contributed by atoms with E-state index in [1.807, 2.05) is 5.38 Å². The lowest BCUT2D eigenvalue weighted by molar-refractivity contribution is -0.131. The van der Waals surface area contributed by atoms with Crippen LogP contribution in [0.1, 0.15) is 18.4 Å². The van der Waals surface area contributed by atoms with Crippen LogP contribution in [0, 0.1) is 5.82 Å². The van der Waals surface area contributed by atoms with Gasteiger partial charge < -0.3 is 9.47 Å². The maximum atomic E-state index is 13.7. The lowest BCUT2D eigenvalue weighted by Crippen LogP contribution is -2.37. The number of halogens is 3. The van der Waals surface area contributed by atoms with Gasteiger partial charge in [0.2, 0.25) is 5.91 Å². The van der Waals surface area contributed by atoms with Crippen LogP contribution in [0.5, 0.6) is 0 Å². The predicted octanol–water partition coefficient (Wildman–Crippen LogP) is 4.30. The largest absolute Gasteiger partial charge is 0.338 e. The second-order valence-electron chi connectivity index (χ2n) is 8.43. The minimum atomic E-state index is -1.01. The first kappa shape index (κ1) is 21.6. The van der Waals surface area contributed by atoms with Gasteiger partial charge in [-0.05, 0) is 43.6 Å². The number of hydrogen-bond acceptors (Lipinski definition) is 4. The molecule has 168 valence electrons. The van der Waals surface area contributed by atoms with E-state index in [4.69, 9.17) is 11.6 Å². The number of likely N-dealkylation sites (tertiary alicyclic amines) is 2. The summed E-state index contributed by atoms with van der Waals surface area (Å²) in [5.74, 6) is -0.781. The van der Waals surface area contributed by atoms with Crippen LogP contribution in [0.15, 0.2) is 34.6 Å². The summed E-state index contributed by atoms with van der Waals surface area (Å²) in [6.07, 6.45) is 2.23. The lowest BCUT2D eigenvalue weighted by Gasteiger charge is -2.31. The molecule has 0 radical (unpaired) electrons. The van der Waals surface area contributed by atoms with Gasteiger partial charge in [-0.2, -0.15) is 0 Å². The Bertz CT molecular complexity index is 1250. The highest BCUT2D eigenvalue weighted by Gasteiger charge is 2.27. The van der Waals surface area contributed by atoms with Gasteiger partial charge in [-0.1, -0.05) is 17.7 Å². The molecule has 1 unspecified atom stereocenters. The van der Waals surface area contributed by atoms with Crippen LogP contribution in [-0.4, -0.2) is 52.6 Å². The molecule has 5 rings (SSSR count). The number of nitrogens with zero attached hydrogens (tertiary/aromatic N) is 3. The summed E-state index contributed by atoms with van der Waals surface area (Å²) < 4.78 is 29.6. The molecule has 0 N–H and O–H groups in total. The number of fused-ring (bicyclic) bond motifs is 1. The number of carbonyl (C=O) groups excluding carboxylic acids is 1. The average Bonchev–Trinajstić information content (AvgIpc) is 3.37. The minimum Gasteiger partial charge on any atom is -0.338 e. The molecule has 0 saturated carbocycles. The zero-order chi connectivity index (χ0) is 22.4. The molecule has 9 heteroatoms. The van der Waals surface area contributed by atoms with Crippen LogP contribution in [0.25, 0.3) is 21.2 Å². The summed E-state index contributed by atoms with van der Waals surface area (Å²) >= 11 is 7.46. The van der Waals surface area contributed by atoms with E-state index < -0.39 is 12.0 Å². The number of alkyl halides is 1. The van der Waals surface area contributed by atoms with Gasteiger partial charge in [0, 0.05) is 40.5 Å². The van der Waals surface area contributed by atoms with E-state index in [0.29, 0.717) is 36.0 Å². The van der Waals surface area contributed by atoms with Crippen molar-refractivity contribution in [2.75, 3.05) is 26.2 Å². The van der Waals surface area contributed by atoms with Crippen molar-refractivity contribution in [1.29, 1.82) is 0 Å². The standard InChI is InChI=1S/C23H22ClF2N3O2S/c24-18-8-14(2-3-19(18)26)17-13-32-22-15(9-27-5-1-6-27)10-29(23(31)21(17)22)12-20(30)28-7-4-16(25)11-28/h2-3,8,10,13,16H,1,4-7,9,11-12H2. The predicted molar refractivity (Wildman–Crippen MR) is 122 cm³/mol. The number of rotatable bonds is 5. The number of pyridine rings is 1. The van der Waals surface area contributed by atoms with Crippen molar-refractivity contribution in [3.8, 4) is 11.1 Å². The van der Waals surface area contributed by atoms with Crippen molar-refractivity contribution in [3.05, 3.63) is 56.5 Å². The Morgan fingerprint density at radius 1 is 1.25 bits per heavy atom. The molecule has 0 aliphatic carbocycles. The fourth-order valence-corrected chi connectivity index (χ4v) is 5.59. The third kappa shape index (κ3) is 3.95. The number of hydrogen-bond donors (Lipinski definition) is 0. The fraction of sp³-hybridized carbons (Fsp3) is 0.391. The molecule has 0 spiro atoms. The second kappa shape index (κ2) is 8.57. The van der Waals surface area contributed by atoms with Crippen LogP contribution in [0.2, 0.25) is 5.02 Å². The highest BCUT2D eigenvalue weighted by atomic mass is 35.5. The number of benzene rings is 1. The van der Waals surface area contributed by atoms with Gasteiger partial charge in [-0.15, -0.1) is 11.3 Å². The van der Waals surface area contributed by atoms with Gasteiger partial charge in [-0.25, -0.2) is 8.78 Å². The van der Waals surface area contributed by atoms with Crippen LogP contribution < -0.4 is 5.56 Å². The van der Waals surface area contributed by atoms with Gasteiger partial charge in [0.15, 0.2) is 0 Å². The fourth-order valence-electron chi connectivity index (χ4n) is 4.33. The first-order valence-electron chi connectivity index (χ1n) is 10.6. The summed E-state index contributed by atoms with van der Waals surface area (Å²) in [6.45, 7) is 3.00. The average molecular weight is 478 g/mol. The van der Waals surface area contributed by atoms with E-state index in [9.17, 15) is 18.4 Å². The molecule has 2 saturated heterocycles. The summed E-state index contributed by atoms with van der Waals surface area (Å²) in [5.41, 5.74) is 2.02. The summed E-state index contributed by atoms with van der Waals surface area (Å²) in [4.78, 5) is 30.0. The minimum absolute atomic E-state index is 0.0103. The molecule has 4 heterocycles. The number of carbonyl (C=O) groups is 1. The summed E-state index contributed by atoms with van der Waals surface area (Å²) in [5, 5.41) is 2.38. The van der Waals surface area contributed by atoms with E-state index in [1.165, 1.54) is 32.9 Å². The van der Waals surface area contributed by atoms with E-state index in [1.54, 1.807) is 12.3 Å². The van der Waals surface area contributed by atoms with Gasteiger partial charge >= 0.3 is 0 Å². The normalized spacial score (nSPS) is 19.0. The molecular formula is C23H22ClF2N3O2S. The van der Waals surface area contributed by atoms with Crippen molar-refractivity contribution in [3.63, 3.8) is 0 Å². The van der Waals surface area contributed by atoms with E-state index in [0.717, 1.165) is 29.8 Å². The highest BCUT2D eigenvalue weighted by Crippen LogP contribution is 2.36. The molecule has 0 bridgehead atoms. The van der Waals surface area contributed by atoms with Crippen LogP contribution in [-0.2, 0) is 17.9 Å². The smallest absolute Gasteiger partial charge is 0.260 e. The van der Waals surface area contributed by atoms with Gasteiger partial charge in [0.05, 0.1) is 17.0 Å². The van der Waals surface area contributed by atoms with Gasteiger partial charge in [-0.3, -0.25) is 14.5 Å². The Kier molecular flexibility index (Phi) is 5.77. The molecule has 5 nitrogen and oxygen atoms in total. The molecular weight excluding hydrogens is 456 g/mol. The Morgan fingerprint density at radius 3 is 2.72 bits per heavy atom. The highest BCUT2D eigenvalue weighted by molar-refractivity contribution is 7.18. The van der Waals surface area contributed by atoms with Crippen molar-refractivity contribution in [1.82, 2.24) is 14.4 Å². The topological polar surface area (TPSA) is 45.6 Å². The third-order valence-electron chi connectivity index (χ3n) is 6.23. The Morgan fingerprint density at radius 2 is 2.06 bits per heavy atom. The first-order chi connectivity index (χ1) is 15.4. The van der Waals surface area contributed by atoms with Gasteiger partial charge in [0.1, 0.15) is 18.5 Å². The van der Waals surface area contributed by atoms with Crippen LogP contribution in [0.4, 0.5) is 8.78 Å². The number of aromatic nitrogens is 1. The van der Waals surface area contributed by atoms with Crippen LogP contribution in [0.3, 0.4) is 0 Å². The van der Waals surface area contributed by atoms with Gasteiger partial charge in [0.25, 0.3) is 5.56 Å². The second-order valence-corrected chi connectivity index (χ2v) is 9.71. The van der Waals surface area contributed by atoms with Crippen molar-refractivity contribution in [2.45, 2.75) is 32.1 Å². The molecule has 1 aromatic carbocycles. The molecule has 2 aliphatic heterocycles. The molecule has 32 heavy (non-hydrogen) atoms. The Hall–Kier alpha value is -2.29. The summed E-state index contributed by atoms with van der Waals surface area (Å²) in [6, 6.07) is 4.40. The molecule has 1 amide bonds. The first-order valence-corrected chi connectivity index (χ1v) is 11.9. The third-order valence-corrected chi connectivity index (χ3v) is 7.58. The quantitative estimate of drug-likeness (QED) is 0.550. The lowest BCUT2D eigenvalue weighted by atomic mass is 10.0. The van der Waals surface area contributed by atoms with Crippen LogP contribution >= 0.6 is 22.9 Å². The molecule has 2 fully saturated rings. The van der Waals surface area contributed by atoms with Crippen molar-refractivity contribution < 1.29 is 13.6 Å². The SMILES string of the molecule is O=C(Cn1cc(CN2CCC2)c2scc(-c3ccc(F)c(Cl)c3)c2c1=O)N1CCC(F)C1. The Balaban J connectivity index is 1.59. The molecule has 2 aliphatic rings. The maximum absolute atomic E-state index is 13.7. The maximum Gasteiger partial charge on any atom is 0.260 e. The number of amides is 1. The molecule has 2 aromatic heterocycles. The molecule has 3 aromatic rings. The zero-order valence-corrected chi connectivity index (χ0v) is 18.9. The molecule has 1 atom stereocenters. The number of thiophene rings is 1.